The summed E-state index contributed by atoms with van der Waals surface area (Å²) in [4.78, 5) is 16.7. The minimum Gasteiger partial charge on any atom is -0.489 e. The number of nitrogens with one attached hydrogen (secondary N) is 1. The van der Waals surface area contributed by atoms with Crippen LogP contribution in [0.2, 0.25) is 0 Å². The Kier molecular flexibility index (Phi) is 6.54. The van der Waals surface area contributed by atoms with E-state index >= 15 is 0 Å². The van der Waals surface area contributed by atoms with Crippen molar-refractivity contribution in [3.63, 3.8) is 0 Å². The Labute approximate surface area is 163 Å². The lowest BCUT2D eigenvalue weighted by Crippen LogP contribution is -2.16. The lowest BCUT2D eigenvalue weighted by atomic mass is 10.2. The fourth-order valence-electron chi connectivity index (χ4n) is 2.45. The Morgan fingerprint density at radius 1 is 1.15 bits per heavy atom. The number of carbonyl (C=O) groups excluding carboxylic acids is 1. The van der Waals surface area contributed by atoms with Gasteiger partial charge in [0, 0.05) is 11.3 Å². The van der Waals surface area contributed by atoms with E-state index in [0.29, 0.717) is 28.8 Å². The van der Waals surface area contributed by atoms with Crippen LogP contribution in [0.25, 0.3) is 11.5 Å². The maximum atomic E-state index is 12.2. The predicted molar refractivity (Wildman–Crippen MR) is 109 cm³/mol. The first-order chi connectivity index (χ1) is 13.1. The first-order valence-electron chi connectivity index (χ1n) is 8.75. The van der Waals surface area contributed by atoms with E-state index in [4.69, 9.17) is 9.15 Å². The van der Waals surface area contributed by atoms with Crippen molar-refractivity contribution in [2.45, 2.75) is 25.7 Å². The summed E-state index contributed by atoms with van der Waals surface area (Å²) in [6.45, 7) is 3.91. The topological polar surface area (TPSA) is 64.4 Å². The van der Waals surface area contributed by atoms with E-state index in [-0.39, 0.29) is 12.0 Å². The minimum atomic E-state index is -0.0772. The molecule has 0 saturated carbocycles. The molecule has 0 saturated heterocycles. The SMILES string of the molecule is CC(C)Oc1ccccc1NC(=O)CSCc1coc(-c2ccccc2)n1. The zero-order valence-electron chi connectivity index (χ0n) is 15.3. The van der Waals surface area contributed by atoms with Gasteiger partial charge in [0.2, 0.25) is 11.8 Å². The van der Waals surface area contributed by atoms with Crippen LogP contribution < -0.4 is 10.1 Å². The smallest absolute Gasteiger partial charge is 0.234 e. The normalized spacial score (nSPS) is 10.8. The highest BCUT2D eigenvalue weighted by Gasteiger charge is 2.10. The molecule has 0 unspecified atom stereocenters. The van der Waals surface area contributed by atoms with Gasteiger partial charge in [0.05, 0.1) is 23.2 Å². The number of benzene rings is 2. The van der Waals surface area contributed by atoms with E-state index < -0.39 is 0 Å². The number of hydrogen-bond acceptors (Lipinski definition) is 5. The van der Waals surface area contributed by atoms with Crippen LogP contribution in [-0.2, 0) is 10.5 Å². The van der Waals surface area contributed by atoms with E-state index in [1.165, 1.54) is 11.8 Å². The van der Waals surface area contributed by atoms with Crippen molar-refractivity contribution in [2.24, 2.45) is 0 Å². The number of thioether (sulfide) groups is 1. The van der Waals surface area contributed by atoms with E-state index in [9.17, 15) is 4.79 Å². The predicted octanol–water partition coefficient (Wildman–Crippen LogP) is 5.00. The fraction of sp³-hybridized carbons (Fsp3) is 0.238. The molecule has 140 valence electrons. The van der Waals surface area contributed by atoms with Gasteiger partial charge < -0.3 is 14.5 Å². The number of oxazole rings is 1. The highest BCUT2D eigenvalue weighted by molar-refractivity contribution is 7.99. The van der Waals surface area contributed by atoms with Gasteiger partial charge in [-0.25, -0.2) is 4.98 Å². The summed E-state index contributed by atoms with van der Waals surface area (Å²) < 4.78 is 11.2. The summed E-state index contributed by atoms with van der Waals surface area (Å²) >= 11 is 1.49. The molecule has 3 aromatic rings. The molecule has 0 aliphatic carbocycles. The van der Waals surface area contributed by atoms with Crippen molar-refractivity contribution < 1.29 is 13.9 Å². The number of nitrogens with zero attached hydrogens (tertiary/aromatic N) is 1. The quantitative estimate of drug-likeness (QED) is 0.594. The first-order valence-corrected chi connectivity index (χ1v) is 9.90. The van der Waals surface area contributed by atoms with Crippen molar-refractivity contribution >= 4 is 23.4 Å². The maximum Gasteiger partial charge on any atom is 0.234 e. The first kappa shape index (κ1) is 19.0. The summed E-state index contributed by atoms with van der Waals surface area (Å²) in [7, 11) is 0. The van der Waals surface area contributed by atoms with Crippen LogP contribution in [0.15, 0.2) is 65.3 Å². The summed E-state index contributed by atoms with van der Waals surface area (Å²) in [6, 6.07) is 17.2. The third-order valence-corrected chi connectivity index (χ3v) is 4.55. The van der Waals surface area contributed by atoms with Crippen LogP contribution >= 0.6 is 11.8 Å². The van der Waals surface area contributed by atoms with Gasteiger partial charge >= 0.3 is 0 Å². The molecule has 2 aromatic carbocycles. The van der Waals surface area contributed by atoms with Gasteiger partial charge in [-0.1, -0.05) is 30.3 Å². The summed E-state index contributed by atoms with van der Waals surface area (Å²) in [5, 5.41) is 2.90. The molecule has 3 rings (SSSR count). The van der Waals surface area contributed by atoms with Gasteiger partial charge in [-0.15, -0.1) is 11.8 Å². The summed E-state index contributed by atoms with van der Waals surface area (Å²) in [5.41, 5.74) is 2.44. The number of carbonyl (C=O) groups is 1. The Morgan fingerprint density at radius 3 is 2.67 bits per heavy atom. The zero-order chi connectivity index (χ0) is 19.1. The molecule has 1 heterocycles. The third-order valence-electron chi connectivity index (χ3n) is 3.58. The number of hydrogen-bond donors (Lipinski definition) is 1. The fourth-order valence-corrected chi connectivity index (χ4v) is 3.15. The van der Waals surface area contributed by atoms with Crippen molar-refractivity contribution in [3.05, 3.63) is 66.6 Å². The van der Waals surface area contributed by atoms with Gasteiger partial charge in [0.15, 0.2) is 0 Å². The summed E-state index contributed by atoms with van der Waals surface area (Å²) in [6.07, 6.45) is 1.68. The molecule has 1 aromatic heterocycles. The van der Waals surface area contributed by atoms with Gasteiger partial charge in [0.1, 0.15) is 12.0 Å². The molecule has 0 fully saturated rings. The molecular formula is C21H22N2O3S. The van der Waals surface area contributed by atoms with Gasteiger partial charge in [-0.2, -0.15) is 0 Å². The number of aromatic nitrogens is 1. The number of para-hydroxylation sites is 2. The van der Waals surface area contributed by atoms with Crippen LogP contribution in [0.3, 0.4) is 0 Å². The molecule has 0 aliphatic rings. The number of anilines is 1. The highest BCUT2D eigenvalue weighted by atomic mass is 32.2. The Hall–Kier alpha value is -2.73. The molecule has 0 aliphatic heterocycles. The van der Waals surface area contributed by atoms with E-state index in [1.807, 2.05) is 68.4 Å². The van der Waals surface area contributed by atoms with Gasteiger partial charge in [-0.05, 0) is 38.1 Å². The van der Waals surface area contributed by atoms with Crippen molar-refractivity contribution in [1.29, 1.82) is 0 Å². The zero-order valence-corrected chi connectivity index (χ0v) is 16.2. The molecule has 0 spiro atoms. The molecule has 0 atom stereocenters. The Balaban J connectivity index is 1.50. The van der Waals surface area contributed by atoms with E-state index in [0.717, 1.165) is 11.3 Å². The van der Waals surface area contributed by atoms with Crippen molar-refractivity contribution in [3.8, 4) is 17.2 Å². The van der Waals surface area contributed by atoms with Crippen molar-refractivity contribution in [2.75, 3.05) is 11.1 Å². The average Bonchev–Trinajstić information content (AvgIpc) is 3.13. The molecule has 0 bridgehead atoms. The Morgan fingerprint density at radius 2 is 1.89 bits per heavy atom. The second-order valence-electron chi connectivity index (χ2n) is 6.21. The molecule has 27 heavy (non-hydrogen) atoms. The molecule has 6 heteroatoms. The number of ether oxygens (including phenoxy) is 1. The van der Waals surface area contributed by atoms with Crippen LogP contribution in [0.5, 0.6) is 5.75 Å². The third kappa shape index (κ3) is 5.62. The summed E-state index contributed by atoms with van der Waals surface area (Å²) in [5.74, 6) is 2.12. The minimum absolute atomic E-state index is 0.0448. The molecule has 1 amide bonds. The monoisotopic (exact) mass is 382 g/mol. The lowest BCUT2D eigenvalue weighted by Gasteiger charge is -2.14. The van der Waals surface area contributed by atoms with Gasteiger partial charge in [-0.3, -0.25) is 4.79 Å². The van der Waals surface area contributed by atoms with Crippen molar-refractivity contribution in [1.82, 2.24) is 4.98 Å². The maximum absolute atomic E-state index is 12.2. The van der Waals surface area contributed by atoms with Crippen LogP contribution in [0.4, 0.5) is 5.69 Å². The lowest BCUT2D eigenvalue weighted by molar-refractivity contribution is -0.113. The van der Waals surface area contributed by atoms with Crippen LogP contribution in [-0.4, -0.2) is 22.7 Å². The Bertz CT molecular complexity index is 878. The largest absolute Gasteiger partial charge is 0.489 e. The molecule has 1 N–H and O–H groups in total. The standard InChI is InChI=1S/C21H22N2O3S/c1-15(2)26-19-11-7-6-10-18(19)23-20(24)14-27-13-17-12-25-21(22-17)16-8-4-3-5-9-16/h3-12,15H,13-14H2,1-2H3,(H,23,24). The van der Waals surface area contributed by atoms with E-state index in [2.05, 4.69) is 10.3 Å². The number of amides is 1. The second kappa shape index (κ2) is 9.28. The molecule has 5 nitrogen and oxygen atoms in total. The average molecular weight is 382 g/mol. The van der Waals surface area contributed by atoms with Gasteiger partial charge in [0.25, 0.3) is 0 Å². The number of rotatable bonds is 8. The van der Waals surface area contributed by atoms with E-state index in [1.54, 1.807) is 6.26 Å². The second-order valence-corrected chi connectivity index (χ2v) is 7.20. The van der Waals surface area contributed by atoms with Crippen LogP contribution in [0.1, 0.15) is 19.5 Å². The van der Waals surface area contributed by atoms with Crippen LogP contribution in [0, 0.1) is 0 Å². The molecule has 0 radical (unpaired) electrons. The molecular weight excluding hydrogens is 360 g/mol. The highest BCUT2D eigenvalue weighted by Crippen LogP contribution is 2.25.